The molecular formula is C19H20N2O3S2. The highest BCUT2D eigenvalue weighted by molar-refractivity contribution is 7.88. The van der Waals surface area contributed by atoms with E-state index in [2.05, 4.69) is 10.0 Å². The van der Waals surface area contributed by atoms with Gasteiger partial charge in [0, 0.05) is 11.2 Å². The smallest absolute Gasteiger partial charge is 0.261 e. The Labute approximate surface area is 157 Å². The number of carbonyl (C=O) groups excluding carboxylic acids is 1. The summed E-state index contributed by atoms with van der Waals surface area (Å²) in [5.41, 5.74) is 2.62. The molecule has 3 rings (SSSR count). The maximum Gasteiger partial charge on any atom is 0.261 e. The van der Waals surface area contributed by atoms with Crippen LogP contribution in [0.1, 0.15) is 26.4 Å². The number of aryl methyl sites for hydroxylation is 1. The van der Waals surface area contributed by atoms with Gasteiger partial charge in [0.05, 0.1) is 10.6 Å². The van der Waals surface area contributed by atoms with E-state index in [1.54, 1.807) is 12.1 Å². The van der Waals surface area contributed by atoms with Crippen molar-refractivity contribution in [3.8, 4) is 0 Å². The van der Waals surface area contributed by atoms with Crippen molar-refractivity contribution < 1.29 is 13.2 Å². The second-order valence-corrected chi connectivity index (χ2v) is 8.99. The third-order valence-electron chi connectivity index (χ3n) is 4.19. The van der Waals surface area contributed by atoms with Gasteiger partial charge in [-0.1, -0.05) is 42.5 Å². The van der Waals surface area contributed by atoms with Gasteiger partial charge in [0.2, 0.25) is 10.0 Å². The molecule has 3 aromatic rings. The minimum atomic E-state index is -3.28. The Morgan fingerprint density at radius 1 is 1.04 bits per heavy atom. The molecule has 0 aliphatic carbocycles. The van der Waals surface area contributed by atoms with Gasteiger partial charge in [0.1, 0.15) is 0 Å². The third-order valence-corrected chi connectivity index (χ3v) is 6.80. The summed E-state index contributed by atoms with van der Waals surface area (Å²) in [5, 5.41) is 4.05. The molecule has 0 bridgehead atoms. The van der Waals surface area contributed by atoms with E-state index in [0.29, 0.717) is 12.1 Å². The topological polar surface area (TPSA) is 75.3 Å². The lowest BCUT2D eigenvalue weighted by molar-refractivity contribution is 0.0954. The molecule has 0 saturated heterocycles. The average Bonchev–Trinajstić information content (AvgIpc) is 2.98. The predicted molar refractivity (Wildman–Crippen MR) is 106 cm³/mol. The zero-order valence-electron chi connectivity index (χ0n) is 14.6. The van der Waals surface area contributed by atoms with Crippen LogP contribution < -0.4 is 10.0 Å². The Morgan fingerprint density at radius 3 is 2.35 bits per heavy atom. The van der Waals surface area contributed by atoms with Crippen LogP contribution >= 0.6 is 11.3 Å². The van der Waals surface area contributed by atoms with E-state index in [0.717, 1.165) is 26.1 Å². The molecule has 0 atom stereocenters. The van der Waals surface area contributed by atoms with Crippen molar-refractivity contribution in [2.75, 3.05) is 7.05 Å². The lowest BCUT2D eigenvalue weighted by Gasteiger charge is -2.07. The van der Waals surface area contributed by atoms with Crippen LogP contribution in [-0.2, 0) is 22.3 Å². The van der Waals surface area contributed by atoms with E-state index >= 15 is 0 Å². The SMILES string of the molecule is CNS(=O)(=O)Cc1ccc(CNC(=O)c2sc3ccccc3c2C)cc1. The monoisotopic (exact) mass is 388 g/mol. The summed E-state index contributed by atoms with van der Waals surface area (Å²) in [6.07, 6.45) is 0. The van der Waals surface area contributed by atoms with Gasteiger partial charge in [-0.05, 0) is 42.1 Å². The van der Waals surface area contributed by atoms with Crippen molar-refractivity contribution in [2.24, 2.45) is 0 Å². The number of fused-ring (bicyclic) bond motifs is 1. The number of hydrogen-bond acceptors (Lipinski definition) is 4. The molecule has 0 fully saturated rings. The zero-order chi connectivity index (χ0) is 18.7. The third kappa shape index (κ3) is 4.12. The number of rotatable bonds is 6. The minimum Gasteiger partial charge on any atom is -0.347 e. The molecule has 26 heavy (non-hydrogen) atoms. The van der Waals surface area contributed by atoms with Crippen molar-refractivity contribution in [3.63, 3.8) is 0 Å². The standard InChI is InChI=1S/C19H20N2O3S2/c1-13-16-5-3-4-6-17(16)25-18(13)19(22)21-11-14-7-9-15(10-8-14)12-26(23,24)20-2/h3-10,20H,11-12H2,1-2H3,(H,21,22). The first kappa shape index (κ1) is 18.6. The van der Waals surface area contributed by atoms with Crippen molar-refractivity contribution in [3.05, 3.63) is 70.1 Å². The van der Waals surface area contributed by atoms with Gasteiger partial charge in [0.25, 0.3) is 5.91 Å². The van der Waals surface area contributed by atoms with Crippen LogP contribution in [0.15, 0.2) is 48.5 Å². The molecule has 2 N–H and O–H groups in total. The Morgan fingerprint density at radius 2 is 1.69 bits per heavy atom. The van der Waals surface area contributed by atoms with Gasteiger partial charge < -0.3 is 5.32 Å². The molecule has 0 spiro atoms. The summed E-state index contributed by atoms with van der Waals surface area (Å²) >= 11 is 1.49. The van der Waals surface area contributed by atoms with Crippen LogP contribution in [0.2, 0.25) is 0 Å². The zero-order valence-corrected chi connectivity index (χ0v) is 16.2. The van der Waals surface area contributed by atoms with Crippen molar-refractivity contribution in [1.82, 2.24) is 10.0 Å². The summed E-state index contributed by atoms with van der Waals surface area (Å²) in [5.74, 6) is -0.151. The fourth-order valence-electron chi connectivity index (χ4n) is 2.70. The number of benzene rings is 2. The first-order valence-corrected chi connectivity index (χ1v) is 10.6. The number of thiophene rings is 1. The Hall–Kier alpha value is -2.22. The Bertz CT molecular complexity index is 1040. The lowest BCUT2D eigenvalue weighted by Crippen LogP contribution is -2.22. The fraction of sp³-hybridized carbons (Fsp3) is 0.211. The number of amides is 1. The summed E-state index contributed by atoms with van der Waals surface area (Å²) in [6.45, 7) is 2.36. The first-order valence-electron chi connectivity index (χ1n) is 8.15. The number of sulfonamides is 1. The van der Waals surface area contributed by atoms with Crippen LogP contribution in [0.4, 0.5) is 0 Å². The minimum absolute atomic E-state index is 0.0584. The van der Waals surface area contributed by atoms with E-state index in [9.17, 15) is 13.2 Å². The van der Waals surface area contributed by atoms with Crippen molar-refractivity contribution in [2.45, 2.75) is 19.2 Å². The molecule has 136 valence electrons. The van der Waals surface area contributed by atoms with Crippen LogP contribution in [0.25, 0.3) is 10.1 Å². The number of nitrogens with one attached hydrogen (secondary N) is 2. The van der Waals surface area contributed by atoms with E-state index in [4.69, 9.17) is 0 Å². The molecule has 7 heteroatoms. The lowest BCUT2D eigenvalue weighted by atomic mass is 10.1. The molecule has 0 saturated carbocycles. The molecule has 0 unspecified atom stereocenters. The fourth-order valence-corrected chi connectivity index (χ4v) is 4.60. The van der Waals surface area contributed by atoms with Crippen LogP contribution in [0, 0.1) is 6.92 Å². The van der Waals surface area contributed by atoms with Crippen LogP contribution in [-0.4, -0.2) is 21.4 Å². The second-order valence-electron chi connectivity index (χ2n) is 6.01. The molecule has 1 amide bonds. The molecular weight excluding hydrogens is 368 g/mol. The quantitative estimate of drug-likeness (QED) is 0.681. The van der Waals surface area contributed by atoms with Gasteiger partial charge in [-0.2, -0.15) is 0 Å². The maximum atomic E-state index is 12.5. The largest absolute Gasteiger partial charge is 0.347 e. The van der Waals surface area contributed by atoms with Gasteiger partial charge >= 0.3 is 0 Å². The number of hydrogen-bond donors (Lipinski definition) is 2. The molecule has 1 heterocycles. The van der Waals surface area contributed by atoms with E-state index in [1.165, 1.54) is 18.4 Å². The van der Waals surface area contributed by atoms with Gasteiger partial charge in [-0.25, -0.2) is 13.1 Å². The summed E-state index contributed by atoms with van der Waals surface area (Å²) in [4.78, 5) is 13.2. The predicted octanol–water partition coefficient (Wildman–Crippen LogP) is 3.19. The molecule has 0 aliphatic heterocycles. The normalized spacial score (nSPS) is 11.6. The highest BCUT2D eigenvalue weighted by Gasteiger charge is 2.15. The molecule has 5 nitrogen and oxygen atoms in total. The average molecular weight is 389 g/mol. The number of carbonyl (C=O) groups is 1. The van der Waals surface area contributed by atoms with Crippen molar-refractivity contribution in [1.29, 1.82) is 0 Å². The summed E-state index contributed by atoms with van der Waals surface area (Å²) < 4.78 is 26.5. The second kappa shape index (κ2) is 7.57. The first-order chi connectivity index (χ1) is 12.4. The highest BCUT2D eigenvalue weighted by atomic mass is 32.2. The molecule has 0 aliphatic rings. The maximum absolute atomic E-state index is 12.5. The van der Waals surface area contributed by atoms with Crippen molar-refractivity contribution >= 4 is 37.4 Å². The van der Waals surface area contributed by atoms with E-state index < -0.39 is 10.0 Å². The van der Waals surface area contributed by atoms with Gasteiger partial charge in [0.15, 0.2) is 0 Å². The Balaban J connectivity index is 1.66. The Kier molecular flexibility index (Phi) is 5.41. The van der Waals surface area contributed by atoms with E-state index in [-0.39, 0.29) is 11.7 Å². The highest BCUT2D eigenvalue weighted by Crippen LogP contribution is 2.30. The van der Waals surface area contributed by atoms with Crippen LogP contribution in [0.3, 0.4) is 0 Å². The molecule has 0 radical (unpaired) electrons. The van der Waals surface area contributed by atoms with Gasteiger partial charge in [-0.3, -0.25) is 4.79 Å². The molecule has 1 aromatic heterocycles. The summed E-state index contributed by atoms with van der Waals surface area (Å²) in [7, 11) is -1.89. The van der Waals surface area contributed by atoms with Gasteiger partial charge in [-0.15, -0.1) is 11.3 Å². The molecule has 2 aromatic carbocycles. The van der Waals surface area contributed by atoms with E-state index in [1.807, 2.05) is 43.3 Å². The summed E-state index contributed by atoms with van der Waals surface area (Å²) in [6, 6.07) is 15.2. The van der Waals surface area contributed by atoms with Crippen LogP contribution in [0.5, 0.6) is 0 Å².